The summed E-state index contributed by atoms with van der Waals surface area (Å²) in [4.78, 5) is 24.1. The van der Waals surface area contributed by atoms with Crippen molar-refractivity contribution in [1.82, 2.24) is 15.3 Å². The van der Waals surface area contributed by atoms with Gasteiger partial charge in [-0.3, -0.25) is 15.6 Å². The second kappa shape index (κ2) is 7.30. The van der Waals surface area contributed by atoms with Crippen molar-refractivity contribution in [3.8, 4) is 10.6 Å². The SMILES string of the molecule is C/C=C\N=C(C)NC(=O)Nc1csc(-c2ccncc2)n1. The Morgan fingerprint density at radius 1 is 1.38 bits per heavy atom. The molecule has 0 aliphatic carbocycles. The molecule has 2 aromatic heterocycles. The van der Waals surface area contributed by atoms with E-state index in [0.29, 0.717) is 11.7 Å². The van der Waals surface area contributed by atoms with Gasteiger partial charge in [0.2, 0.25) is 0 Å². The number of allylic oxidation sites excluding steroid dienone is 1. The van der Waals surface area contributed by atoms with E-state index < -0.39 is 0 Å². The highest BCUT2D eigenvalue weighted by Crippen LogP contribution is 2.24. The fraction of sp³-hybridized carbons (Fsp3) is 0.143. The average Bonchev–Trinajstić information content (AvgIpc) is 2.94. The van der Waals surface area contributed by atoms with Gasteiger partial charge in [-0.1, -0.05) is 6.08 Å². The Kier molecular flexibility index (Phi) is 5.16. The van der Waals surface area contributed by atoms with Gasteiger partial charge in [-0.25, -0.2) is 14.8 Å². The van der Waals surface area contributed by atoms with Crippen LogP contribution in [0.25, 0.3) is 10.6 Å². The molecule has 0 unspecified atom stereocenters. The first-order chi connectivity index (χ1) is 10.2. The van der Waals surface area contributed by atoms with Crippen LogP contribution in [0, 0.1) is 0 Å². The normalized spacial score (nSPS) is 11.6. The number of carbonyl (C=O) groups excluding carboxylic acids is 1. The van der Waals surface area contributed by atoms with Gasteiger partial charge in [-0.15, -0.1) is 11.3 Å². The number of rotatable bonds is 3. The molecule has 0 aromatic carbocycles. The Balaban J connectivity index is 1.98. The number of thiazole rings is 1. The van der Waals surface area contributed by atoms with Crippen LogP contribution in [0.3, 0.4) is 0 Å². The summed E-state index contributed by atoms with van der Waals surface area (Å²) in [7, 11) is 0. The molecule has 0 saturated carbocycles. The highest BCUT2D eigenvalue weighted by molar-refractivity contribution is 7.13. The monoisotopic (exact) mass is 301 g/mol. The minimum absolute atomic E-state index is 0.368. The van der Waals surface area contributed by atoms with Gasteiger partial charge in [0.05, 0.1) is 0 Å². The lowest BCUT2D eigenvalue weighted by molar-refractivity contribution is 0.256. The van der Waals surface area contributed by atoms with Crippen LogP contribution in [-0.2, 0) is 0 Å². The molecule has 0 atom stereocenters. The van der Waals surface area contributed by atoms with E-state index in [1.165, 1.54) is 11.3 Å². The second-order valence-corrected chi connectivity index (χ2v) is 4.91. The molecule has 2 rings (SSSR count). The zero-order valence-corrected chi connectivity index (χ0v) is 12.5. The van der Waals surface area contributed by atoms with E-state index in [1.807, 2.05) is 19.1 Å². The minimum Gasteiger partial charge on any atom is -0.296 e. The molecule has 0 fully saturated rings. The maximum atomic E-state index is 11.8. The smallest absolute Gasteiger partial charge is 0.296 e. The zero-order valence-electron chi connectivity index (χ0n) is 11.7. The zero-order chi connectivity index (χ0) is 15.1. The van der Waals surface area contributed by atoms with Crippen LogP contribution >= 0.6 is 11.3 Å². The van der Waals surface area contributed by atoms with E-state index in [0.717, 1.165) is 10.6 Å². The first kappa shape index (κ1) is 14.9. The highest BCUT2D eigenvalue weighted by Gasteiger charge is 2.07. The largest absolute Gasteiger partial charge is 0.325 e. The summed E-state index contributed by atoms with van der Waals surface area (Å²) < 4.78 is 0. The van der Waals surface area contributed by atoms with Gasteiger partial charge in [0.1, 0.15) is 16.7 Å². The Hall–Kier alpha value is -2.54. The molecule has 0 aliphatic rings. The first-order valence-electron chi connectivity index (χ1n) is 6.28. The van der Waals surface area contributed by atoms with E-state index in [-0.39, 0.29) is 6.03 Å². The predicted octanol–water partition coefficient (Wildman–Crippen LogP) is 3.28. The predicted molar refractivity (Wildman–Crippen MR) is 85.4 cm³/mol. The topological polar surface area (TPSA) is 79.3 Å². The molecule has 2 N–H and O–H groups in total. The number of carbonyl (C=O) groups is 1. The van der Waals surface area contributed by atoms with Crippen molar-refractivity contribution in [1.29, 1.82) is 0 Å². The van der Waals surface area contributed by atoms with Crippen molar-refractivity contribution in [2.24, 2.45) is 4.99 Å². The number of pyridine rings is 1. The van der Waals surface area contributed by atoms with Gasteiger partial charge in [0.25, 0.3) is 0 Å². The minimum atomic E-state index is -0.368. The lowest BCUT2D eigenvalue weighted by atomic mass is 10.3. The third-order valence-electron chi connectivity index (χ3n) is 2.38. The summed E-state index contributed by atoms with van der Waals surface area (Å²) in [5.74, 6) is 1.01. The van der Waals surface area contributed by atoms with Crippen molar-refractivity contribution in [2.45, 2.75) is 13.8 Å². The van der Waals surface area contributed by atoms with E-state index in [4.69, 9.17) is 0 Å². The quantitative estimate of drug-likeness (QED) is 0.674. The Morgan fingerprint density at radius 2 is 2.14 bits per heavy atom. The Labute approximate surface area is 126 Å². The van der Waals surface area contributed by atoms with Gasteiger partial charge in [-0.2, -0.15) is 0 Å². The summed E-state index contributed by atoms with van der Waals surface area (Å²) in [6.07, 6.45) is 6.81. The lowest BCUT2D eigenvalue weighted by Gasteiger charge is -2.03. The van der Waals surface area contributed by atoms with E-state index in [9.17, 15) is 4.79 Å². The number of nitrogens with one attached hydrogen (secondary N) is 2. The molecule has 0 spiro atoms. The molecule has 0 aliphatic heterocycles. The number of hydrogen-bond acceptors (Lipinski definition) is 5. The van der Waals surface area contributed by atoms with E-state index in [2.05, 4.69) is 25.6 Å². The number of amidine groups is 1. The van der Waals surface area contributed by atoms with Crippen molar-refractivity contribution in [3.05, 3.63) is 42.2 Å². The number of aliphatic imine (C=N–C) groups is 1. The molecule has 108 valence electrons. The second-order valence-electron chi connectivity index (χ2n) is 4.05. The maximum Gasteiger partial charge on any atom is 0.325 e. The van der Waals surface area contributed by atoms with Gasteiger partial charge in [0.15, 0.2) is 0 Å². The molecule has 6 nitrogen and oxygen atoms in total. The highest BCUT2D eigenvalue weighted by atomic mass is 32.1. The molecule has 21 heavy (non-hydrogen) atoms. The standard InChI is InChI=1S/C14H15N5OS/c1-3-6-16-10(2)17-14(20)19-12-9-21-13(18-12)11-4-7-15-8-5-11/h3-9H,1-2H3,(H2,16,17,19,20)/b6-3-. The van der Waals surface area contributed by atoms with Crippen LogP contribution in [0.4, 0.5) is 10.6 Å². The van der Waals surface area contributed by atoms with Crippen LogP contribution in [-0.4, -0.2) is 21.8 Å². The molecule has 7 heteroatoms. The van der Waals surface area contributed by atoms with Gasteiger partial charge in [0, 0.05) is 29.5 Å². The van der Waals surface area contributed by atoms with Gasteiger partial charge < -0.3 is 0 Å². The van der Waals surface area contributed by atoms with Gasteiger partial charge in [-0.05, 0) is 26.0 Å². The number of aromatic nitrogens is 2. The van der Waals surface area contributed by atoms with Crippen LogP contribution in [0.5, 0.6) is 0 Å². The first-order valence-corrected chi connectivity index (χ1v) is 7.16. The Morgan fingerprint density at radius 3 is 2.86 bits per heavy atom. The van der Waals surface area contributed by atoms with Gasteiger partial charge >= 0.3 is 6.03 Å². The summed E-state index contributed by atoms with van der Waals surface area (Å²) >= 11 is 1.45. The third kappa shape index (κ3) is 4.50. The van der Waals surface area contributed by atoms with Crippen LogP contribution in [0.15, 0.2) is 47.2 Å². The number of urea groups is 1. The maximum absolute atomic E-state index is 11.8. The molecule has 2 heterocycles. The summed E-state index contributed by atoms with van der Waals surface area (Å²) in [5.41, 5.74) is 0.967. The lowest BCUT2D eigenvalue weighted by Crippen LogP contribution is -2.32. The Bertz CT molecular complexity index is 663. The summed E-state index contributed by atoms with van der Waals surface area (Å²) in [5, 5.41) is 7.90. The summed E-state index contributed by atoms with van der Waals surface area (Å²) in [6, 6.07) is 3.37. The fourth-order valence-corrected chi connectivity index (χ4v) is 2.25. The summed E-state index contributed by atoms with van der Waals surface area (Å²) in [6.45, 7) is 3.57. The molecule has 0 saturated heterocycles. The number of amides is 2. The van der Waals surface area contributed by atoms with Crippen molar-refractivity contribution < 1.29 is 4.79 Å². The molecule has 2 amide bonds. The molecular weight excluding hydrogens is 286 g/mol. The number of nitrogens with zero attached hydrogens (tertiary/aromatic N) is 3. The number of anilines is 1. The molecule has 2 aromatic rings. The van der Waals surface area contributed by atoms with Crippen LogP contribution < -0.4 is 10.6 Å². The van der Waals surface area contributed by atoms with E-state index >= 15 is 0 Å². The molecule has 0 bridgehead atoms. The van der Waals surface area contributed by atoms with Crippen LogP contribution in [0.2, 0.25) is 0 Å². The van der Waals surface area contributed by atoms with Crippen molar-refractivity contribution in [3.63, 3.8) is 0 Å². The third-order valence-corrected chi connectivity index (χ3v) is 3.28. The van der Waals surface area contributed by atoms with Crippen molar-refractivity contribution in [2.75, 3.05) is 5.32 Å². The number of hydrogen-bond donors (Lipinski definition) is 2. The van der Waals surface area contributed by atoms with Crippen molar-refractivity contribution >= 4 is 29.0 Å². The van der Waals surface area contributed by atoms with E-state index in [1.54, 1.807) is 37.0 Å². The average molecular weight is 301 g/mol. The van der Waals surface area contributed by atoms with Crippen LogP contribution in [0.1, 0.15) is 13.8 Å². The fourth-order valence-electron chi connectivity index (χ4n) is 1.49. The molecule has 0 radical (unpaired) electrons. The molecular formula is C14H15N5OS.